The van der Waals surface area contributed by atoms with E-state index in [9.17, 15) is 0 Å². The molecule has 11 aromatic rings. The molecule has 0 bridgehead atoms. The molecule has 0 aliphatic heterocycles. The summed E-state index contributed by atoms with van der Waals surface area (Å²) in [4.78, 5) is 2.57. The first-order valence-electron chi connectivity index (χ1n) is 20.6. The van der Waals surface area contributed by atoms with Crippen LogP contribution in [0, 0.1) is 0 Å². The third-order valence-electron chi connectivity index (χ3n) is 12.9. The van der Waals surface area contributed by atoms with Crippen molar-refractivity contribution < 1.29 is 0 Å². The summed E-state index contributed by atoms with van der Waals surface area (Å²) in [6, 6.07) is 76.4. The van der Waals surface area contributed by atoms with Gasteiger partial charge in [-0.15, -0.1) is 0 Å². The van der Waals surface area contributed by atoms with Gasteiger partial charge in [0.2, 0.25) is 0 Å². The lowest BCUT2D eigenvalue weighted by atomic mass is 9.80. The monoisotopic (exact) mass is 752 g/mol. The molecule has 59 heavy (non-hydrogen) atoms. The molecule has 12 rings (SSSR count). The van der Waals surface area contributed by atoms with Gasteiger partial charge in [0.1, 0.15) is 0 Å². The Balaban J connectivity index is 1.18. The average molecular weight is 753 g/mol. The predicted molar refractivity (Wildman–Crippen MR) is 251 cm³/mol. The summed E-state index contributed by atoms with van der Waals surface area (Å²) in [7, 11) is 0. The Kier molecular flexibility index (Phi) is 7.31. The molecule has 278 valence electrons. The van der Waals surface area contributed by atoms with E-state index >= 15 is 0 Å². The molecule has 10 aromatic carbocycles. The van der Waals surface area contributed by atoms with Gasteiger partial charge in [-0.2, -0.15) is 0 Å². The Hall–Kier alpha value is -7.42. The van der Waals surface area contributed by atoms with Crippen LogP contribution in [0.2, 0.25) is 0 Å². The SMILES string of the molecule is CC1(C)c2cc3ccccc3cc2-c2cccc(N(c3ccc4c(c3)c3ccccc3n4-c3ccccc3)c3ccc4ccccc4c3-c3ccc4ccccc4c3)c21. The van der Waals surface area contributed by atoms with E-state index in [0.29, 0.717) is 0 Å². The van der Waals surface area contributed by atoms with Crippen molar-refractivity contribution in [2.24, 2.45) is 0 Å². The van der Waals surface area contributed by atoms with Gasteiger partial charge >= 0.3 is 0 Å². The standard InChI is InChI=1S/C57H40N2/c1-57(2)50-35-41-19-9-8-18-40(41)34-48(50)47-24-14-26-54(56(47)57)59(44-30-32-52-49(36-44)46-23-12-13-25-51(46)58(52)43-20-4-3-5-21-43)53-31-29-38-16-10-11-22-45(38)55(53)42-28-27-37-15-6-7-17-39(37)33-42/h3-36H,1-2H3. The van der Waals surface area contributed by atoms with Crippen LogP contribution < -0.4 is 4.90 Å². The molecule has 0 radical (unpaired) electrons. The molecule has 0 fully saturated rings. The molecule has 2 heteroatoms. The van der Waals surface area contributed by atoms with Crippen molar-refractivity contribution >= 4 is 71.2 Å². The summed E-state index contributed by atoms with van der Waals surface area (Å²) < 4.78 is 2.40. The van der Waals surface area contributed by atoms with Crippen molar-refractivity contribution in [3.8, 4) is 27.9 Å². The lowest BCUT2D eigenvalue weighted by Crippen LogP contribution is -2.21. The molecule has 1 aliphatic rings. The third-order valence-corrected chi connectivity index (χ3v) is 12.9. The van der Waals surface area contributed by atoms with Crippen molar-refractivity contribution in [1.29, 1.82) is 0 Å². The van der Waals surface area contributed by atoms with Crippen LogP contribution in [0.1, 0.15) is 25.0 Å². The maximum Gasteiger partial charge on any atom is 0.0546 e. The van der Waals surface area contributed by atoms with E-state index in [1.54, 1.807) is 0 Å². The summed E-state index contributed by atoms with van der Waals surface area (Å²) in [5.74, 6) is 0. The highest BCUT2D eigenvalue weighted by molar-refractivity contribution is 6.12. The molecule has 0 amide bonds. The molecular weight excluding hydrogens is 713 g/mol. The number of anilines is 3. The number of hydrogen-bond acceptors (Lipinski definition) is 1. The second-order valence-corrected chi connectivity index (χ2v) is 16.5. The maximum atomic E-state index is 2.57. The molecule has 0 N–H and O–H groups in total. The molecule has 0 spiro atoms. The minimum Gasteiger partial charge on any atom is -0.309 e. The summed E-state index contributed by atoms with van der Waals surface area (Å²) in [5, 5.41) is 9.93. The zero-order valence-corrected chi connectivity index (χ0v) is 33.0. The van der Waals surface area contributed by atoms with Crippen LogP contribution in [0.25, 0.3) is 82.1 Å². The van der Waals surface area contributed by atoms with Gasteiger partial charge in [-0.3, -0.25) is 0 Å². The van der Waals surface area contributed by atoms with Crippen molar-refractivity contribution in [2.75, 3.05) is 4.90 Å². The van der Waals surface area contributed by atoms with Crippen LogP contribution >= 0.6 is 0 Å². The highest BCUT2D eigenvalue weighted by Crippen LogP contribution is 2.56. The second kappa shape index (κ2) is 12.8. The molecule has 0 saturated carbocycles. The first kappa shape index (κ1) is 33.7. The molecular formula is C57H40N2. The van der Waals surface area contributed by atoms with Gasteiger partial charge in [0.25, 0.3) is 0 Å². The molecule has 2 nitrogen and oxygen atoms in total. The van der Waals surface area contributed by atoms with Crippen LogP contribution in [0.3, 0.4) is 0 Å². The zero-order chi connectivity index (χ0) is 39.2. The molecule has 0 atom stereocenters. The van der Waals surface area contributed by atoms with Crippen LogP contribution in [0.4, 0.5) is 17.1 Å². The number of rotatable bonds is 5. The number of fused-ring (bicyclic) bond motifs is 9. The van der Waals surface area contributed by atoms with E-state index in [0.717, 1.165) is 17.1 Å². The van der Waals surface area contributed by atoms with Crippen molar-refractivity contribution in [3.63, 3.8) is 0 Å². The van der Waals surface area contributed by atoms with Crippen molar-refractivity contribution in [2.45, 2.75) is 19.3 Å². The van der Waals surface area contributed by atoms with Gasteiger partial charge in [0.05, 0.1) is 22.4 Å². The molecule has 1 aromatic heterocycles. The van der Waals surface area contributed by atoms with E-state index in [2.05, 4.69) is 230 Å². The Morgan fingerprint density at radius 3 is 1.86 bits per heavy atom. The van der Waals surface area contributed by atoms with E-state index in [4.69, 9.17) is 0 Å². The molecule has 0 saturated heterocycles. The van der Waals surface area contributed by atoms with E-state index in [1.165, 1.54) is 93.2 Å². The highest BCUT2D eigenvalue weighted by atomic mass is 15.2. The first-order valence-corrected chi connectivity index (χ1v) is 20.6. The number of aromatic nitrogens is 1. The summed E-state index contributed by atoms with van der Waals surface area (Å²) in [6.07, 6.45) is 0. The van der Waals surface area contributed by atoms with Gasteiger partial charge in [-0.1, -0.05) is 153 Å². The minimum absolute atomic E-state index is 0.267. The quantitative estimate of drug-likeness (QED) is 0.170. The fourth-order valence-electron chi connectivity index (χ4n) is 10.2. The van der Waals surface area contributed by atoms with Crippen molar-refractivity contribution in [3.05, 3.63) is 217 Å². The van der Waals surface area contributed by atoms with Crippen LogP contribution in [-0.2, 0) is 5.41 Å². The van der Waals surface area contributed by atoms with Gasteiger partial charge in [0, 0.05) is 33.1 Å². The Morgan fingerprint density at radius 2 is 1.05 bits per heavy atom. The van der Waals surface area contributed by atoms with Crippen molar-refractivity contribution in [1.82, 2.24) is 4.57 Å². The maximum absolute atomic E-state index is 2.57. The van der Waals surface area contributed by atoms with E-state index < -0.39 is 0 Å². The van der Waals surface area contributed by atoms with Crippen LogP contribution in [-0.4, -0.2) is 4.57 Å². The smallest absolute Gasteiger partial charge is 0.0546 e. The topological polar surface area (TPSA) is 8.17 Å². The Morgan fingerprint density at radius 1 is 0.407 bits per heavy atom. The summed E-state index contributed by atoms with van der Waals surface area (Å²) in [6.45, 7) is 4.82. The molecule has 1 aliphatic carbocycles. The summed E-state index contributed by atoms with van der Waals surface area (Å²) in [5.41, 5.74) is 14.5. The number of benzene rings is 10. The fourth-order valence-corrected chi connectivity index (χ4v) is 10.2. The Bertz CT molecular complexity index is 3480. The Labute approximate surface area is 343 Å². The van der Waals surface area contributed by atoms with Gasteiger partial charge < -0.3 is 9.47 Å². The highest BCUT2D eigenvalue weighted by Gasteiger charge is 2.39. The normalized spacial score (nSPS) is 13.1. The van der Waals surface area contributed by atoms with Crippen LogP contribution in [0.15, 0.2) is 206 Å². The number of hydrogen-bond donors (Lipinski definition) is 0. The molecule has 0 unspecified atom stereocenters. The van der Waals surface area contributed by atoms with Gasteiger partial charge in [-0.05, 0) is 127 Å². The third kappa shape index (κ3) is 5.06. The van der Waals surface area contributed by atoms with Crippen LogP contribution in [0.5, 0.6) is 0 Å². The fraction of sp³-hybridized carbons (Fsp3) is 0.0526. The lowest BCUT2D eigenvalue weighted by molar-refractivity contribution is 0.661. The van der Waals surface area contributed by atoms with E-state index in [1.807, 2.05) is 0 Å². The van der Waals surface area contributed by atoms with Gasteiger partial charge in [-0.25, -0.2) is 0 Å². The predicted octanol–water partition coefficient (Wildman–Crippen LogP) is 15.7. The first-order chi connectivity index (χ1) is 29.0. The number of nitrogens with zero attached hydrogens (tertiary/aromatic N) is 2. The number of para-hydroxylation sites is 2. The molecule has 1 heterocycles. The average Bonchev–Trinajstić information content (AvgIpc) is 3.73. The van der Waals surface area contributed by atoms with E-state index in [-0.39, 0.29) is 5.41 Å². The second-order valence-electron chi connectivity index (χ2n) is 16.5. The lowest BCUT2D eigenvalue weighted by Gasteiger charge is -2.34. The zero-order valence-electron chi connectivity index (χ0n) is 33.0. The van der Waals surface area contributed by atoms with Gasteiger partial charge in [0.15, 0.2) is 0 Å². The minimum atomic E-state index is -0.267. The summed E-state index contributed by atoms with van der Waals surface area (Å²) >= 11 is 0. The largest absolute Gasteiger partial charge is 0.309 e.